The van der Waals surface area contributed by atoms with Crippen LogP contribution in [-0.4, -0.2) is 30.3 Å². The fourth-order valence-electron chi connectivity index (χ4n) is 2.16. The van der Waals surface area contributed by atoms with Crippen LogP contribution in [0.5, 0.6) is 5.75 Å². The zero-order chi connectivity index (χ0) is 13.7. The van der Waals surface area contributed by atoms with Gasteiger partial charge in [-0.15, -0.1) is 0 Å². The number of methoxy groups -OCH3 is 1. The highest BCUT2D eigenvalue weighted by Crippen LogP contribution is 2.30. The van der Waals surface area contributed by atoms with Crippen LogP contribution >= 0.6 is 0 Å². The summed E-state index contributed by atoms with van der Waals surface area (Å²) in [5, 5.41) is 12.7. The van der Waals surface area contributed by atoms with Gasteiger partial charge in [0, 0.05) is 13.0 Å². The number of carbonyl (C=O) groups excluding carboxylic acids is 1. The van der Waals surface area contributed by atoms with E-state index in [0.717, 1.165) is 30.6 Å². The third kappa shape index (κ3) is 3.96. The number of aryl methyl sites for hydroxylation is 1. The molecule has 0 bridgehead atoms. The highest BCUT2D eigenvalue weighted by Gasteiger charge is 2.34. The normalized spacial score (nSPS) is 16.5. The molecule has 0 heterocycles. The molecule has 1 saturated carbocycles. The summed E-state index contributed by atoms with van der Waals surface area (Å²) in [5.74, 6) is 0.816. The minimum absolute atomic E-state index is 0.00357. The first-order valence-corrected chi connectivity index (χ1v) is 6.73. The van der Waals surface area contributed by atoms with Crippen LogP contribution in [-0.2, 0) is 11.2 Å². The first-order valence-electron chi connectivity index (χ1n) is 6.73. The molecule has 19 heavy (non-hydrogen) atoms. The van der Waals surface area contributed by atoms with Gasteiger partial charge >= 0.3 is 0 Å². The lowest BCUT2D eigenvalue weighted by molar-refractivity contribution is -0.123. The summed E-state index contributed by atoms with van der Waals surface area (Å²) < 4.78 is 5.08. The highest BCUT2D eigenvalue weighted by atomic mass is 16.5. The van der Waals surface area contributed by atoms with Crippen molar-refractivity contribution in [2.24, 2.45) is 0 Å². The zero-order valence-electron chi connectivity index (χ0n) is 11.3. The Morgan fingerprint density at radius 1 is 1.37 bits per heavy atom. The maximum absolute atomic E-state index is 11.7. The second kappa shape index (κ2) is 6.06. The van der Waals surface area contributed by atoms with Gasteiger partial charge in [-0.05, 0) is 43.4 Å². The molecule has 1 aliphatic rings. The summed E-state index contributed by atoms with van der Waals surface area (Å²) in [5.41, 5.74) is 0.466. The molecular formula is C15H21NO3. The van der Waals surface area contributed by atoms with Crippen LogP contribution < -0.4 is 10.1 Å². The maximum Gasteiger partial charge on any atom is 0.220 e. The molecule has 1 aromatic rings. The van der Waals surface area contributed by atoms with Crippen molar-refractivity contribution in [2.45, 2.75) is 37.7 Å². The number of ether oxygens (including phenoxy) is 1. The van der Waals surface area contributed by atoms with E-state index in [1.807, 2.05) is 24.3 Å². The summed E-state index contributed by atoms with van der Waals surface area (Å²) in [6.45, 7) is 0.383. The van der Waals surface area contributed by atoms with Crippen molar-refractivity contribution >= 4 is 5.91 Å². The molecule has 0 aliphatic heterocycles. The predicted octanol–water partition coefficient (Wildman–Crippen LogP) is 1.66. The molecule has 0 atom stereocenters. The number of hydrogen-bond acceptors (Lipinski definition) is 3. The van der Waals surface area contributed by atoms with Crippen LogP contribution in [0.15, 0.2) is 24.3 Å². The highest BCUT2D eigenvalue weighted by molar-refractivity contribution is 5.76. The summed E-state index contributed by atoms with van der Waals surface area (Å²) >= 11 is 0. The summed E-state index contributed by atoms with van der Waals surface area (Å²) in [6.07, 6.45) is 3.80. The van der Waals surface area contributed by atoms with Gasteiger partial charge < -0.3 is 15.2 Å². The monoisotopic (exact) mass is 263 g/mol. The molecule has 0 radical (unpaired) electrons. The van der Waals surface area contributed by atoms with Gasteiger partial charge in [0.05, 0.1) is 12.7 Å². The zero-order valence-corrected chi connectivity index (χ0v) is 11.3. The number of hydrogen-bond donors (Lipinski definition) is 2. The second-order valence-corrected chi connectivity index (χ2v) is 5.20. The Balaban J connectivity index is 1.70. The van der Waals surface area contributed by atoms with Gasteiger partial charge in [-0.2, -0.15) is 0 Å². The van der Waals surface area contributed by atoms with Crippen molar-refractivity contribution in [1.29, 1.82) is 0 Å². The molecule has 1 aliphatic carbocycles. The molecule has 2 N–H and O–H groups in total. The molecule has 0 saturated heterocycles. The number of nitrogens with one attached hydrogen (secondary N) is 1. The largest absolute Gasteiger partial charge is 0.497 e. The fourth-order valence-corrected chi connectivity index (χ4v) is 2.16. The quantitative estimate of drug-likeness (QED) is 0.820. The van der Waals surface area contributed by atoms with Crippen molar-refractivity contribution in [1.82, 2.24) is 5.32 Å². The maximum atomic E-state index is 11.7. The van der Waals surface area contributed by atoms with Crippen molar-refractivity contribution in [3.05, 3.63) is 29.8 Å². The van der Waals surface area contributed by atoms with Crippen LogP contribution in [0.25, 0.3) is 0 Å². The fraction of sp³-hybridized carbons (Fsp3) is 0.533. The van der Waals surface area contributed by atoms with E-state index in [1.165, 1.54) is 0 Å². The molecule has 0 aromatic heterocycles. The molecule has 0 spiro atoms. The molecule has 1 fully saturated rings. The van der Waals surface area contributed by atoms with E-state index in [9.17, 15) is 9.90 Å². The molecule has 1 amide bonds. The number of rotatable bonds is 6. The Hall–Kier alpha value is -1.55. The van der Waals surface area contributed by atoms with E-state index < -0.39 is 5.60 Å². The minimum atomic E-state index is -0.643. The first-order chi connectivity index (χ1) is 9.11. The standard InChI is InChI=1S/C15H21NO3/c1-19-13-6-3-12(4-7-13)5-8-14(17)16-11-15(18)9-2-10-15/h3-4,6-7,18H,2,5,8-11H2,1H3,(H,16,17). The number of benzene rings is 1. The molecule has 1 aromatic carbocycles. The Kier molecular flexibility index (Phi) is 4.43. The Morgan fingerprint density at radius 3 is 2.58 bits per heavy atom. The Morgan fingerprint density at radius 2 is 2.05 bits per heavy atom. The van der Waals surface area contributed by atoms with E-state index in [1.54, 1.807) is 7.11 Å². The van der Waals surface area contributed by atoms with Gasteiger partial charge in [0.1, 0.15) is 5.75 Å². The third-order valence-electron chi connectivity index (χ3n) is 3.70. The minimum Gasteiger partial charge on any atom is -0.497 e. The van der Waals surface area contributed by atoms with E-state index in [4.69, 9.17) is 4.74 Å². The van der Waals surface area contributed by atoms with Crippen molar-refractivity contribution < 1.29 is 14.6 Å². The SMILES string of the molecule is COc1ccc(CCC(=O)NCC2(O)CCC2)cc1. The lowest BCUT2D eigenvalue weighted by Crippen LogP contribution is -2.47. The van der Waals surface area contributed by atoms with E-state index in [2.05, 4.69) is 5.32 Å². The lowest BCUT2D eigenvalue weighted by Gasteiger charge is -2.36. The molecule has 4 heteroatoms. The Bertz CT molecular complexity index is 424. The topological polar surface area (TPSA) is 58.6 Å². The average molecular weight is 263 g/mol. The van der Waals surface area contributed by atoms with Gasteiger partial charge in [-0.1, -0.05) is 12.1 Å². The molecule has 4 nitrogen and oxygen atoms in total. The van der Waals surface area contributed by atoms with Crippen molar-refractivity contribution in [3.8, 4) is 5.75 Å². The number of carbonyl (C=O) groups is 1. The summed E-state index contributed by atoms with van der Waals surface area (Å²) in [6, 6.07) is 7.71. The van der Waals surface area contributed by atoms with Gasteiger partial charge in [-0.3, -0.25) is 4.79 Å². The third-order valence-corrected chi connectivity index (χ3v) is 3.70. The predicted molar refractivity (Wildman–Crippen MR) is 73.1 cm³/mol. The van der Waals surface area contributed by atoms with E-state index in [-0.39, 0.29) is 5.91 Å². The first kappa shape index (κ1) is 13.9. The van der Waals surface area contributed by atoms with Crippen LogP contribution in [0.1, 0.15) is 31.2 Å². The van der Waals surface area contributed by atoms with Crippen LogP contribution in [0.3, 0.4) is 0 Å². The van der Waals surface area contributed by atoms with Crippen LogP contribution in [0.2, 0.25) is 0 Å². The smallest absolute Gasteiger partial charge is 0.220 e. The van der Waals surface area contributed by atoms with Gasteiger partial charge in [0.15, 0.2) is 0 Å². The Labute approximate surface area is 113 Å². The van der Waals surface area contributed by atoms with Gasteiger partial charge in [-0.25, -0.2) is 0 Å². The van der Waals surface area contributed by atoms with E-state index in [0.29, 0.717) is 19.4 Å². The van der Waals surface area contributed by atoms with Gasteiger partial charge in [0.25, 0.3) is 0 Å². The average Bonchev–Trinajstić information content (AvgIpc) is 2.41. The van der Waals surface area contributed by atoms with Crippen molar-refractivity contribution in [3.63, 3.8) is 0 Å². The summed E-state index contributed by atoms with van der Waals surface area (Å²) in [7, 11) is 1.63. The van der Waals surface area contributed by atoms with E-state index >= 15 is 0 Å². The van der Waals surface area contributed by atoms with Crippen molar-refractivity contribution in [2.75, 3.05) is 13.7 Å². The van der Waals surface area contributed by atoms with Crippen LogP contribution in [0, 0.1) is 0 Å². The molecule has 104 valence electrons. The molecule has 0 unspecified atom stereocenters. The molecular weight excluding hydrogens is 242 g/mol. The lowest BCUT2D eigenvalue weighted by atomic mass is 9.80. The second-order valence-electron chi connectivity index (χ2n) is 5.20. The number of aliphatic hydroxyl groups is 1. The van der Waals surface area contributed by atoms with Gasteiger partial charge in [0.2, 0.25) is 5.91 Å². The van der Waals surface area contributed by atoms with Crippen LogP contribution in [0.4, 0.5) is 0 Å². The summed E-state index contributed by atoms with van der Waals surface area (Å²) in [4.78, 5) is 11.7. The molecule has 2 rings (SSSR count). The number of amides is 1.